The van der Waals surface area contributed by atoms with Crippen molar-refractivity contribution in [3.8, 4) is 5.69 Å². The van der Waals surface area contributed by atoms with Crippen LogP contribution in [0, 0.1) is 18.6 Å². The lowest BCUT2D eigenvalue weighted by molar-refractivity contribution is 0.147. The quantitative estimate of drug-likeness (QED) is 0.797. The van der Waals surface area contributed by atoms with Gasteiger partial charge in [0.05, 0.1) is 11.4 Å². The van der Waals surface area contributed by atoms with Gasteiger partial charge in [-0.1, -0.05) is 0 Å². The normalized spacial score (nSPS) is 10.9. The van der Waals surface area contributed by atoms with E-state index in [1.807, 2.05) is 13.8 Å². The smallest absolute Gasteiger partial charge is 0.207 e. The summed E-state index contributed by atoms with van der Waals surface area (Å²) in [6.07, 6.45) is 2.62. The Labute approximate surface area is 122 Å². The van der Waals surface area contributed by atoms with Crippen LogP contribution in [0.4, 0.5) is 14.7 Å². The molecule has 0 spiro atoms. The lowest BCUT2D eigenvalue weighted by Gasteiger charge is -2.10. The first-order valence-electron chi connectivity index (χ1n) is 6.95. The topological polar surface area (TPSA) is 39.1 Å². The number of benzene rings is 1. The van der Waals surface area contributed by atoms with Crippen LogP contribution in [0.25, 0.3) is 5.69 Å². The molecule has 1 N–H and O–H groups in total. The van der Waals surface area contributed by atoms with Gasteiger partial charge >= 0.3 is 0 Å². The summed E-state index contributed by atoms with van der Waals surface area (Å²) >= 11 is 0. The Hall–Kier alpha value is -1.95. The van der Waals surface area contributed by atoms with E-state index in [1.165, 1.54) is 6.07 Å². The molecule has 0 fully saturated rings. The molecular formula is C15H19F2N3O. The lowest BCUT2D eigenvalue weighted by atomic mass is 10.3. The first-order valence-corrected chi connectivity index (χ1v) is 6.95. The zero-order valence-corrected chi connectivity index (χ0v) is 12.2. The summed E-state index contributed by atoms with van der Waals surface area (Å²) in [4.78, 5) is 4.35. The fraction of sp³-hybridized carbons (Fsp3) is 0.400. The largest absolute Gasteiger partial charge is 0.382 e. The molecule has 0 atom stereocenters. The van der Waals surface area contributed by atoms with Crippen molar-refractivity contribution in [3.63, 3.8) is 0 Å². The highest BCUT2D eigenvalue weighted by Gasteiger charge is 2.09. The van der Waals surface area contributed by atoms with Gasteiger partial charge in [0.2, 0.25) is 5.95 Å². The van der Waals surface area contributed by atoms with Gasteiger partial charge in [-0.25, -0.2) is 13.8 Å². The Morgan fingerprint density at radius 2 is 2.10 bits per heavy atom. The highest BCUT2D eigenvalue weighted by atomic mass is 19.2. The zero-order chi connectivity index (χ0) is 15.2. The van der Waals surface area contributed by atoms with Crippen LogP contribution >= 0.6 is 0 Å². The minimum atomic E-state index is -0.874. The molecule has 4 nitrogen and oxygen atoms in total. The van der Waals surface area contributed by atoms with E-state index in [2.05, 4.69) is 10.3 Å². The Bertz CT molecular complexity index is 599. The van der Waals surface area contributed by atoms with Crippen molar-refractivity contribution >= 4 is 5.95 Å². The minimum Gasteiger partial charge on any atom is -0.382 e. The van der Waals surface area contributed by atoms with E-state index in [0.717, 1.165) is 24.2 Å². The summed E-state index contributed by atoms with van der Waals surface area (Å²) in [6, 6.07) is 3.78. The van der Waals surface area contributed by atoms with Crippen LogP contribution in [0.2, 0.25) is 0 Å². The Balaban J connectivity index is 2.10. The Morgan fingerprint density at radius 3 is 2.81 bits per heavy atom. The van der Waals surface area contributed by atoms with Gasteiger partial charge in [0.25, 0.3) is 0 Å². The number of aryl methyl sites for hydroxylation is 1. The van der Waals surface area contributed by atoms with Gasteiger partial charge in [-0.15, -0.1) is 0 Å². The van der Waals surface area contributed by atoms with Gasteiger partial charge in [0, 0.05) is 32.0 Å². The van der Waals surface area contributed by atoms with Gasteiger partial charge in [-0.2, -0.15) is 0 Å². The fourth-order valence-electron chi connectivity index (χ4n) is 1.97. The molecule has 0 bridgehead atoms. The number of nitrogens with zero attached hydrogens (tertiary/aromatic N) is 2. The molecule has 2 aromatic rings. The Kier molecular flexibility index (Phi) is 5.27. The average Bonchev–Trinajstić information content (AvgIpc) is 2.83. The summed E-state index contributed by atoms with van der Waals surface area (Å²) in [5.41, 5.74) is 1.33. The second-order valence-electron chi connectivity index (χ2n) is 4.65. The van der Waals surface area contributed by atoms with Crippen molar-refractivity contribution in [2.45, 2.75) is 20.3 Å². The molecule has 6 heteroatoms. The van der Waals surface area contributed by atoms with Gasteiger partial charge in [0.15, 0.2) is 11.6 Å². The number of hydrogen-bond donors (Lipinski definition) is 1. The van der Waals surface area contributed by atoms with Crippen molar-refractivity contribution in [2.24, 2.45) is 0 Å². The summed E-state index contributed by atoms with van der Waals surface area (Å²) in [6.45, 7) is 5.87. The van der Waals surface area contributed by atoms with Crippen LogP contribution < -0.4 is 5.32 Å². The SMILES string of the molecule is CCOCCCNc1nc(C)cn1-c1ccc(F)c(F)c1. The van der Waals surface area contributed by atoms with Crippen LogP contribution in [-0.4, -0.2) is 29.3 Å². The molecule has 1 heterocycles. The third kappa shape index (κ3) is 4.01. The first-order chi connectivity index (χ1) is 10.1. The van der Waals surface area contributed by atoms with Gasteiger partial charge in [-0.05, 0) is 32.4 Å². The van der Waals surface area contributed by atoms with Crippen molar-refractivity contribution in [1.29, 1.82) is 0 Å². The maximum atomic E-state index is 13.3. The second kappa shape index (κ2) is 7.17. The maximum Gasteiger partial charge on any atom is 0.207 e. The third-order valence-corrected chi connectivity index (χ3v) is 2.96. The predicted octanol–water partition coefficient (Wildman–Crippen LogP) is 3.30. The van der Waals surface area contributed by atoms with Crippen LogP contribution in [0.3, 0.4) is 0 Å². The maximum absolute atomic E-state index is 13.3. The number of aromatic nitrogens is 2. The van der Waals surface area contributed by atoms with Crippen LogP contribution in [0.1, 0.15) is 19.0 Å². The van der Waals surface area contributed by atoms with Crippen molar-refractivity contribution in [3.05, 3.63) is 41.7 Å². The summed E-state index contributed by atoms with van der Waals surface area (Å²) in [5, 5.41) is 3.18. The van der Waals surface area contributed by atoms with Crippen LogP contribution in [0.15, 0.2) is 24.4 Å². The van der Waals surface area contributed by atoms with E-state index in [0.29, 0.717) is 31.4 Å². The molecule has 0 aliphatic heterocycles. The van der Waals surface area contributed by atoms with E-state index < -0.39 is 11.6 Å². The summed E-state index contributed by atoms with van der Waals surface area (Å²) in [7, 11) is 0. The standard InChI is InChI=1S/C15H19F2N3O/c1-3-21-8-4-7-18-15-19-11(2)10-20(15)12-5-6-13(16)14(17)9-12/h5-6,9-10H,3-4,7-8H2,1-2H3,(H,18,19). The number of imidazole rings is 1. The molecule has 1 aromatic carbocycles. The fourth-order valence-corrected chi connectivity index (χ4v) is 1.97. The number of halogens is 2. The van der Waals surface area contributed by atoms with Gasteiger partial charge in [0.1, 0.15) is 0 Å². The van der Waals surface area contributed by atoms with E-state index in [9.17, 15) is 8.78 Å². The minimum absolute atomic E-state index is 0.529. The molecular weight excluding hydrogens is 276 g/mol. The Morgan fingerprint density at radius 1 is 1.29 bits per heavy atom. The van der Waals surface area contributed by atoms with E-state index in [-0.39, 0.29) is 0 Å². The number of nitrogens with one attached hydrogen (secondary N) is 1. The third-order valence-electron chi connectivity index (χ3n) is 2.96. The number of rotatable bonds is 7. The molecule has 0 unspecified atom stereocenters. The number of anilines is 1. The molecule has 0 radical (unpaired) electrons. The number of hydrogen-bond acceptors (Lipinski definition) is 3. The average molecular weight is 295 g/mol. The zero-order valence-electron chi connectivity index (χ0n) is 12.2. The molecule has 0 saturated heterocycles. The molecule has 114 valence electrons. The van der Waals surface area contributed by atoms with Crippen molar-refractivity contribution < 1.29 is 13.5 Å². The molecule has 21 heavy (non-hydrogen) atoms. The second-order valence-corrected chi connectivity index (χ2v) is 4.65. The highest BCUT2D eigenvalue weighted by Crippen LogP contribution is 2.18. The van der Waals surface area contributed by atoms with Crippen molar-refractivity contribution in [2.75, 3.05) is 25.1 Å². The summed E-state index contributed by atoms with van der Waals surface area (Å²) < 4.78 is 33.3. The van der Waals surface area contributed by atoms with Crippen molar-refractivity contribution in [1.82, 2.24) is 9.55 Å². The molecule has 1 aromatic heterocycles. The molecule has 0 aliphatic rings. The first kappa shape index (κ1) is 15.4. The number of ether oxygens (including phenoxy) is 1. The lowest BCUT2D eigenvalue weighted by Crippen LogP contribution is -2.10. The van der Waals surface area contributed by atoms with Gasteiger partial charge in [-0.3, -0.25) is 4.57 Å². The molecule has 2 rings (SSSR count). The van der Waals surface area contributed by atoms with Gasteiger partial charge < -0.3 is 10.1 Å². The van der Waals surface area contributed by atoms with E-state index in [1.54, 1.807) is 10.8 Å². The summed E-state index contributed by atoms with van der Waals surface area (Å²) in [5.74, 6) is -1.13. The van der Waals surface area contributed by atoms with E-state index >= 15 is 0 Å². The van der Waals surface area contributed by atoms with Crippen LogP contribution in [-0.2, 0) is 4.74 Å². The monoisotopic (exact) mass is 295 g/mol. The molecule has 0 amide bonds. The molecule has 0 aliphatic carbocycles. The van der Waals surface area contributed by atoms with E-state index in [4.69, 9.17) is 4.74 Å². The van der Waals surface area contributed by atoms with Crippen LogP contribution in [0.5, 0.6) is 0 Å². The highest BCUT2D eigenvalue weighted by molar-refractivity contribution is 5.43. The molecule has 0 saturated carbocycles. The predicted molar refractivity (Wildman–Crippen MR) is 77.8 cm³/mol.